The number of nitrogens with zero attached hydrogens (tertiary/aromatic N) is 5. The number of methoxy groups -OCH3 is 2. The number of ether oxygens (including phenoxy) is 2. The number of allylic oxidation sites excluding steroid dienone is 2. The van der Waals surface area contributed by atoms with Crippen LogP contribution >= 0.6 is 23.2 Å². The lowest BCUT2D eigenvalue weighted by Gasteiger charge is -2.50. The van der Waals surface area contributed by atoms with E-state index in [1.165, 1.54) is 37.3 Å². The Hall–Kier alpha value is -6.70. The third-order valence-electron chi connectivity index (χ3n) is 12.9. The molecular formula is C48H42Cl2N6O7. The molecule has 63 heavy (non-hydrogen) atoms. The second-order valence-corrected chi connectivity index (χ2v) is 17.1. The first-order valence-electron chi connectivity index (χ1n) is 20.3. The molecule has 1 saturated carbocycles. The Kier molecular flexibility index (Phi) is 10.7. The van der Waals surface area contributed by atoms with Gasteiger partial charge in [0.05, 0.1) is 65.2 Å². The van der Waals surface area contributed by atoms with Crippen LogP contribution in [-0.4, -0.2) is 62.1 Å². The molecule has 2 aliphatic heterocycles. The minimum Gasteiger partial charge on any atom is -0.508 e. The first kappa shape index (κ1) is 41.6. The van der Waals surface area contributed by atoms with Gasteiger partial charge in [0.15, 0.2) is 0 Å². The number of azo groups is 1. The number of phenolic OH excluding ortho intramolecular Hbond substituents is 1. The van der Waals surface area contributed by atoms with Crippen LogP contribution < -0.4 is 24.7 Å². The molecule has 9 rings (SSSR count). The van der Waals surface area contributed by atoms with E-state index in [1.54, 1.807) is 66.7 Å². The molecule has 0 bridgehead atoms. The molecule has 2 N–H and O–H groups in total. The Morgan fingerprint density at radius 3 is 2.10 bits per heavy atom. The zero-order valence-electron chi connectivity index (χ0n) is 34.7. The van der Waals surface area contributed by atoms with Crippen LogP contribution in [0, 0.1) is 23.7 Å². The maximum atomic E-state index is 15.6. The predicted molar refractivity (Wildman–Crippen MR) is 239 cm³/mol. The van der Waals surface area contributed by atoms with Crippen molar-refractivity contribution in [3.63, 3.8) is 0 Å². The Morgan fingerprint density at radius 2 is 1.46 bits per heavy atom. The molecule has 2 aliphatic carbocycles. The van der Waals surface area contributed by atoms with E-state index in [1.807, 2.05) is 49.3 Å². The van der Waals surface area contributed by atoms with E-state index in [2.05, 4.69) is 15.7 Å². The van der Waals surface area contributed by atoms with E-state index in [0.29, 0.717) is 39.0 Å². The number of rotatable bonds is 10. The third kappa shape index (κ3) is 6.86. The second-order valence-electron chi connectivity index (χ2n) is 16.3. The summed E-state index contributed by atoms with van der Waals surface area (Å²) in [5.41, 5.74) is 6.05. The summed E-state index contributed by atoms with van der Waals surface area (Å²) in [5, 5.41) is 20.9. The summed E-state index contributed by atoms with van der Waals surface area (Å²) in [6.07, 6.45) is 2.23. The topological polar surface area (TPSA) is 153 Å². The van der Waals surface area contributed by atoms with Crippen molar-refractivity contribution in [2.24, 2.45) is 33.9 Å². The van der Waals surface area contributed by atoms with E-state index in [0.717, 1.165) is 16.3 Å². The number of nitrogens with one attached hydrogen (secondary N) is 1. The van der Waals surface area contributed by atoms with Gasteiger partial charge in [-0.2, -0.15) is 15.2 Å². The van der Waals surface area contributed by atoms with E-state index in [-0.39, 0.29) is 41.0 Å². The van der Waals surface area contributed by atoms with Gasteiger partial charge >= 0.3 is 0 Å². The number of anilines is 3. The fourth-order valence-corrected chi connectivity index (χ4v) is 10.4. The quantitative estimate of drug-likeness (QED) is 0.0794. The molecule has 0 aromatic heterocycles. The summed E-state index contributed by atoms with van der Waals surface area (Å²) in [5.74, 6) is -5.28. The largest absolute Gasteiger partial charge is 0.508 e. The Balaban J connectivity index is 1.13. The predicted octanol–water partition coefficient (Wildman–Crippen LogP) is 9.39. The van der Waals surface area contributed by atoms with Crippen LogP contribution in [0.2, 0.25) is 10.0 Å². The number of fused-ring (bicyclic) bond motifs is 4. The second kappa shape index (κ2) is 16.2. The zero-order valence-corrected chi connectivity index (χ0v) is 36.2. The third-order valence-corrected chi connectivity index (χ3v) is 13.4. The minimum absolute atomic E-state index is 0.0642. The van der Waals surface area contributed by atoms with Crippen LogP contribution in [0.3, 0.4) is 0 Å². The number of phenols is 1. The summed E-state index contributed by atoms with van der Waals surface area (Å²) in [7, 11) is 6.92. The highest BCUT2D eigenvalue weighted by Crippen LogP contribution is 2.65. The highest BCUT2D eigenvalue weighted by Gasteiger charge is 2.70. The smallest absolute Gasteiger partial charge is 0.260 e. The molecule has 2 heterocycles. The van der Waals surface area contributed by atoms with Gasteiger partial charge in [-0.05, 0) is 109 Å². The first-order valence-corrected chi connectivity index (χ1v) is 21.1. The van der Waals surface area contributed by atoms with E-state index < -0.39 is 52.7 Å². The lowest BCUT2D eigenvalue weighted by Crippen LogP contribution is -2.53. The fraction of sp³-hybridized carbons (Fsp3) is 0.250. The zero-order chi connectivity index (χ0) is 44.3. The summed E-state index contributed by atoms with van der Waals surface area (Å²) < 4.78 is 11.4. The monoisotopic (exact) mass is 884 g/mol. The van der Waals surface area contributed by atoms with Crippen molar-refractivity contribution in [2.45, 2.75) is 24.2 Å². The van der Waals surface area contributed by atoms with Crippen molar-refractivity contribution < 1.29 is 33.8 Å². The standard InChI is InChI=1S/C48H42Cl2N6O7/c1-54(2)30-12-8-28(9-13-30)51-52-29-10-14-31(15-11-29)55-44(58)36-21-20-34-37(42(36)46(55)60)25-38-45(59)56(53-40-22-7-27(49)23-39(40)50)47(61)48(38,26-5-17-33(62-3)18-6-26)43(34)35-19-16-32(57)24-41(35)63-4/h5-20,22-24,36-38,42-43,53,57H,21,25H2,1-4H3/t36-,37+,38-,42-,43+,48+/m0/s1. The number of benzene rings is 5. The maximum Gasteiger partial charge on any atom is 0.260 e. The fourth-order valence-electron chi connectivity index (χ4n) is 9.98. The number of imide groups is 2. The van der Waals surface area contributed by atoms with Gasteiger partial charge in [0.2, 0.25) is 11.8 Å². The molecule has 3 fully saturated rings. The van der Waals surface area contributed by atoms with E-state index >= 15 is 9.59 Å². The normalized spacial score (nSPS) is 24.0. The molecule has 5 aromatic rings. The van der Waals surface area contributed by atoms with E-state index in [9.17, 15) is 14.7 Å². The Bertz CT molecular complexity index is 2730. The molecule has 13 nitrogen and oxygen atoms in total. The summed E-state index contributed by atoms with van der Waals surface area (Å²) in [6, 6.07) is 30.7. The van der Waals surface area contributed by atoms with Crippen molar-refractivity contribution in [3.05, 3.63) is 142 Å². The number of halogens is 2. The molecule has 6 atom stereocenters. The van der Waals surface area contributed by atoms with Crippen LogP contribution in [0.15, 0.2) is 131 Å². The molecule has 0 radical (unpaired) electrons. The van der Waals surface area contributed by atoms with Gasteiger partial charge in [0, 0.05) is 42.4 Å². The average molecular weight is 886 g/mol. The van der Waals surface area contributed by atoms with Gasteiger partial charge < -0.3 is 19.5 Å². The van der Waals surface area contributed by atoms with Crippen molar-refractivity contribution in [3.8, 4) is 17.2 Å². The van der Waals surface area contributed by atoms with Gasteiger partial charge in [-0.15, -0.1) is 0 Å². The highest BCUT2D eigenvalue weighted by atomic mass is 35.5. The number of hydrogen-bond acceptors (Lipinski definition) is 11. The molecule has 2 saturated heterocycles. The Labute approximate surface area is 373 Å². The number of aromatic hydroxyl groups is 1. The molecule has 4 amide bonds. The summed E-state index contributed by atoms with van der Waals surface area (Å²) >= 11 is 12.8. The molecule has 0 unspecified atom stereocenters. The first-order chi connectivity index (χ1) is 30.3. The van der Waals surface area contributed by atoms with Gasteiger partial charge in [-0.25, -0.2) is 0 Å². The maximum absolute atomic E-state index is 15.6. The summed E-state index contributed by atoms with van der Waals surface area (Å²) in [4.78, 5) is 63.2. The van der Waals surface area contributed by atoms with Gasteiger partial charge in [0.25, 0.3) is 11.8 Å². The van der Waals surface area contributed by atoms with Crippen LogP contribution in [0.4, 0.5) is 28.4 Å². The lowest BCUT2D eigenvalue weighted by molar-refractivity contribution is -0.138. The van der Waals surface area contributed by atoms with Gasteiger partial charge in [-0.3, -0.25) is 29.5 Å². The van der Waals surface area contributed by atoms with Crippen LogP contribution in [0.5, 0.6) is 17.2 Å². The summed E-state index contributed by atoms with van der Waals surface area (Å²) in [6.45, 7) is 0. The average Bonchev–Trinajstić information content (AvgIpc) is 3.67. The molecule has 320 valence electrons. The number of carbonyl (C=O) groups excluding carboxylic acids is 4. The molecular weight excluding hydrogens is 843 g/mol. The molecule has 4 aliphatic rings. The van der Waals surface area contributed by atoms with Crippen molar-refractivity contribution in [1.29, 1.82) is 0 Å². The SMILES string of the molecule is COc1ccc([C@@]23C(=O)N(Nc4ccc(Cl)cc4Cl)C(=O)[C@@H]2C[C@@H]2C(=CC[C@@H]4C(=O)N(c5ccc(N=Nc6ccc(N(C)C)cc6)cc5)C(=O)[C@@H]42)[C@@H]3c2ccc(O)cc2OC)cc1. The number of carbonyl (C=O) groups is 4. The number of hydrazine groups is 1. The van der Waals surface area contributed by atoms with Crippen molar-refractivity contribution in [2.75, 3.05) is 43.5 Å². The molecule has 15 heteroatoms. The number of hydrogen-bond donors (Lipinski definition) is 2. The van der Waals surface area contributed by atoms with E-state index in [4.69, 9.17) is 32.7 Å². The van der Waals surface area contributed by atoms with Gasteiger partial charge in [-0.1, -0.05) is 53.1 Å². The van der Waals surface area contributed by atoms with Crippen LogP contribution in [0.25, 0.3) is 0 Å². The van der Waals surface area contributed by atoms with Crippen LogP contribution in [-0.2, 0) is 24.6 Å². The van der Waals surface area contributed by atoms with Crippen molar-refractivity contribution in [1.82, 2.24) is 5.01 Å². The number of amides is 4. The minimum atomic E-state index is -1.61. The molecule has 0 spiro atoms. The Morgan fingerprint density at radius 1 is 0.778 bits per heavy atom. The van der Waals surface area contributed by atoms with Gasteiger partial charge in [0.1, 0.15) is 17.2 Å². The highest BCUT2D eigenvalue weighted by molar-refractivity contribution is 6.36. The van der Waals surface area contributed by atoms with Crippen molar-refractivity contribution >= 4 is 75.3 Å². The van der Waals surface area contributed by atoms with Crippen LogP contribution in [0.1, 0.15) is 29.9 Å². The lowest BCUT2D eigenvalue weighted by atomic mass is 9.49. The molecule has 5 aromatic carbocycles.